The van der Waals surface area contributed by atoms with E-state index < -0.39 is 0 Å². The minimum Gasteiger partial charge on any atom is -0.315 e. The lowest BCUT2D eigenvalue weighted by atomic mass is 9.71. The highest BCUT2D eigenvalue weighted by Gasteiger charge is 2.38. The summed E-state index contributed by atoms with van der Waals surface area (Å²) in [4.78, 5) is 0. The van der Waals surface area contributed by atoms with Crippen molar-refractivity contribution < 1.29 is 0 Å². The Balaban J connectivity index is 1.92. The van der Waals surface area contributed by atoms with Crippen molar-refractivity contribution in [3.63, 3.8) is 0 Å². The molecule has 0 saturated carbocycles. The maximum Gasteiger partial charge on any atom is 0.0243 e. The van der Waals surface area contributed by atoms with Crippen LogP contribution in [0.2, 0.25) is 0 Å². The van der Waals surface area contributed by atoms with Crippen molar-refractivity contribution in [1.29, 1.82) is 0 Å². The number of hydrogen-bond donors (Lipinski definition) is 1. The van der Waals surface area contributed by atoms with Crippen LogP contribution in [0, 0.1) is 0 Å². The zero-order chi connectivity index (χ0) is 13.3. The van der Waals surface area contributed by atoms with Crippen LogP contribution in [0.4, 0.5) is 0 Å². The Labute approximate surface area is 130 Å². The van der Waals surface area contributed by atoms with Gasteiger partial charge in [-0.15, -0.1) is 0 Å². The zero-order valence-corrected chi connectivity index (χ0v) is 13.7. The highest BCUT2D eigenvalue weighted by atomic mass is 79.9. The minimum absolute atomic E-state index is 0.241. The molecule has 1 heterocycles. The van der Waals surface area contributed by atoms with Gasteiger partial charge in [0.1, 0.15) is 0 Å². The summed E-state index contributed by atoms with van der Waals surface area (Å²) in [5, 5.41) is 3.43. The summed E-state index contributed by atoms with van der Waals surface area (Å²) >= 11 is 7.17. The van der Waals surface area contributed by atoms with E-state index in [4.69, 9.17) is 0 Å². The Hall–Kier alpha value is -0.640. The second-order valence-corrected chi connectivity index (χ2v) is 6.93. The van der Waals surface area contributed by atoms with Gasteiger partial charge in [0.25, 0.3) is 0 Å². The average molecular weight is 381 g/mol. The van der Waals surface area contributed by atoms with E-state index in [-0.39, 0.29) is 5.41 Å². The molecule has 0 aromatic heterocycles. The van der Waals surface area contributed by atoms with Crippen molar-refractivity contribution in [2.24, 2.45) is 0 Å². The number of nitrogens with one attached hydrogen (secondary N) is 1. The number of benzene rings is 2. The third-order valence-corrected chi connectivity index (χ3v) is 5.17. The fourth-order valence-electron chi connectivity index (χ4n) is 2.67. The Bertz CT molecular complexity index is 574. The first-order valence-corrected chi connectivity index (χ1v) is 7.98. The number of hydrogen-bond acceptors (Lipinski definition) is 1. The molecule has 3 rings (SSSR count). The normalized spacial score (nSPS) is 16.9. The topological polar surface area (TPSA) is 12.0 Å². The molecule has 0 amide bonds. The van der Waals surface area contributed by atoms with Gasteiger partial charge in [0, 0.05) is 27.4 Å². The summed E-state index contributed by atoms with van der Waals surface area (Å²) in [6, 6.07) is 17.3. The van der Waals surface area contributed by atoms with Gasteiger partial charge in [0.15, 0.2) is 0 Å². The molecule has 1 N–H and O–H groups in total. The molecule has 1 fully saturated rings. The van der Waals surface area contributed by atoms with Gasteiger partial charge in [0.05, 0.1) is 0 Å². The van der Waals surface area contributed by atoms with E-state index in [9.17, 15) is 0 Å². The number of rotatable bonds is 3. The minimum atomic E-state index is 0.241. The van der Waals surface area contributed by atoms with Crippen LogP contribution in [0.15, 0.2) is 57.5 Å². The van der Waals surface area contributed by atoms with Crippen LogP contribution in [-0.2, 0) is 11.8 Å². The highest BCUT2D eigenvalue weighted by Crippen LogP contribution is 2.35. The predicted octanol–water partition coefficient (Wildman–Crippen LogP) is 4.30. The third kappa shape index (κ3) is 2.64. The maximum atomic E-state index is 3.66. The van der Waals surface area contributed by atoms with Gasteiger partial charge >= 0.3 is 0 Å². The quantitative estimate of drug-likeness (QED) is 0.837. The van der Waals surface area contributed by atoms with Gasteiger partial charge in [-0.25, -0.2) is 0 Å². The van der Waals surface area contributed by atoms with E-state index in [0.717, 1.165) is 24.0 Å². The lowest BCUT2D eigenvalue weighted by Crippen LogP contribution is -2.58. The van der Waals surface area contributed by atoms with Gasteiger partial charge in [0.2, 0.25) is 0 Å². The predicted molar refractivity (Wildman–Crippen MR) is 86.5 cm³/mol. The first-order valence-electron chi connectivity index (χ1n) is 6.40. The second kappa shape index (κ2) is 5.39. The highest BCUT2D eigenvalue weighted by molar-refractivity contribution is 9.10. The zero-order valence-electron chi connectivity index (χ0n) is 10.5. The van der Waals surface area contributed by atoms with Crippen molar-refractivity contribution in [2.75, 3.05) is 13.1 Å². The van der Waals surface area contributed by atoms with Crippen LogP contribution in [-0.4, -0.2) is 13.1 Å². The van der Waals surface area contributed by atoms with Gasteiger partial charge in [-0.2, -0.15) is 0 Å². The van der Waals surface area contributed by atoms with Gasteiger partial charge < -0.3 is 5.32 Å². The maximum absolute atomic E-state index is 3.66. The smallest absolute Gasteiger partial charge is 0.0243 e. The summed E-state index contributed by atoms with van der Waals surface area (Å²) in [6.07, 6.45) is 1.07. The molecule has 1 nitrogen and oxygen atoms in total. The third-order valence-electron chi connectivity index (χ3n) is 3.87. The van der Waals surface area contributed by atoms with Crippen molar-refractivity contribution in [1.82, 2.24) is 5.32 Å². The summed E-state index contributed by atoms with van der Waals surface area (Å²) < 4.78 is 2.35. The molecule has 0 spiro atoms. The van der Waals surface area contributed by atoms with E-state index in [0.29, 0.717) is 0 Å². The monoisotopic (exact) mass is 379 g/mol. The first kappa shape index (κ1) is 13.3. The van der Waals surface area contributed by atoms with E-state index >= 15 is 0 Å². The first-order chi connectivity index (χ1) is 9.20. The molecule has 3 heteroatoms. The molecule has 0 bridgehead atoms. The number of halogens is 2. The van der Waals surface area contributed by atoms with Crippen molar-refractivity contribution in [3.8, 4) is 0 Å². The van der Waals surface area contributed by atoms with E-state index in [2.05, 4.69) is 85.7 Å². The van der Waals surface area contributed by atoms with Crippen LogP contribution in [0.1, 0.15) is 11.1 Å². The molecule has 1 aliphatic heterocycles. The van der Waals surface area contributed by atoms with Crippen LogP contribution in [0.5, 0.6) is 0 Å². The molecular formula is C16H15Br2N. The Morgan fingerprint density at radius 3 is 2.21 bits per heavy atom. The SMILES string of the molecule is Brc1ccc(C2(Cc3ccccc3Br)CNC2)cc1. The molecule has 98 valence electrons. The van der Waals surface area contributed by atoms with E-state index in [1.54, 1.807) is 0 Å². The molecule has 0 unspecified atom stereocenters. The van der Waals surface area contributed by atoms with Crippen molar-refractivity contribution >= 4 is 31.9 Å². The average Bonchev–Trinajstić information content (AvgIpc) is 2.37. The molecule has 2 aromatic carbocycles. The van der Waals surface area contributed by atoms with Crippen LogP contribution in [0.3, 0.4) is 0 Å². The summed E-state index contributed by atoms with van der Waals surface area (Å²) in [5.41, 5.74) is 3.04. The fraction of sp³-hybridized carbons (Fsp3) is 0.250. The van der Waals surface area contributed by atoms with Crippen molar-refractivity contribution in [3.05, 3.63) is 68.6 Å². The molecule has 0 aliphatic carbocycles. The van der Waals surface area contributed by atoms with E-state index in [1.807, 2.05) is 0 Å². The summed E-state index contributed by atoms with van der Waals surface area (Å²) in [6.45, 7) is 2.10. The van der Waals surface area contributed by atoms with E-state index in [1.165, 1.54) is 15.6 Å². The molecule has 2 aromatic rings. The Kier molecular flexibility index (Phi) is 3.79. The van der Waals surface area contributed by atoms with Crippen molar-refractivity contribution in [2.45, 2.75) is 11.8 Å². The fourth-order valence-corrected chi connectivity index (χ4v) is 3.36. The van der Waals surface area contributed by atoms with Gasteiger partial charge in [-0.1, -0.05) is 62.2 Å². The van der Waals surface area contributed by atoms with Gasteiger partial charge in [-0.05, 0) is 35.7 Å². The van der Waals surface area contributed by atoms with Crippen LogP contribution in [0.25, 0.3) is 0 Å². The Morgan fingerprint density at radius 1 is 0.947 bits per heavy atom. The van der Waals surface area contributed by atoms with Crippen LogP contribution < -0.4 is 5.32 Å². The summed E-state index contributed by atoms with van der Waals surface area (Å²) in [5.74, 6) is 0. The lowest BCUT2D eigenvalue weighted by molar-refractivity contribution is 0.274. The van der Waals surface area contributed by atoms with Gasteiger partial charge in [-0.3, -0.25) is 0 Å². The molecule has 19 heavy (non-hydrogen) atoms. The largest absolute Gasteiger partial charge is 0.315 e. The summed E-state index contributed by atoms with van der Waals surface area (Å²) in [7, 11) is 0. The lowest BCUT2D eigenvalue weighted by Gasteiger charge is -2.43. The van der Waals surface area contributed by atoms with Crippen LogP contribution >= 0.6 is 31.9 Å². The molecule has 0 atom stereocenters. The standard InChI is InChI=1S/C16H15Br2N/c17-14-7-5-13(6-8-14)16(10-19-11-16)9-12-3-1-2-4-15(12)18/h1-8,19H,9-11H2. The molecular weight excluding hydrogens is 366 g/mol. The molecule has 0 radical (unpaired) electrons. The molecule has 1 aliphatic rings. The second-order valence-electron chi connectivity index (χ2n) is 5.16. The Morgan fingerprint density at radius 2 is 1.63 bits per heavy atom. The molecule has 1 saturated heterocycles.